The lowest BCUT2D eigenvalue weighted by Crippen LogP contribution is -2.06. The van der Waals surface area contributed by atoms with Crippen molar-refractivity contribution in [1.29, 1.82) is 0 Å². The molecule has 0 fully saturated rings. The van der Waals surface area contributed by atoms with E-state index in [9.17, 15) is 105 Å². The predicted octanol–water partition coefficient (Wildman–Crippen LogP) is 9.20. The van der Waals surface area contributed by atoms with Crippen LogP contribution in [-0.2, 0) is 123 Å². The van der Waals surface area contributed by atoms with Crippen LogP contribution >= 0.6 is 0 Å². The lowest BCUT2D eigenvalue weighted by Gasteiger charge is -2.20. The van der Waals surface area contributed by atoms with Crippen LogP contribution in [0.3, 0.4) is 0 Å². The van der Waals surface area contributed by atoms with Crippen molar-refractivity contribution in [2.24, 2.45) is 0 Å². The van der Waals surface area contributed by atoms with Crippen LogP contribution in [0.1, 0.15) is 162 Å². The molecule has 0 amide bonds. The van der Waals surface area contributed by atoms with Gasteiger partial charge in [-0.1, -0.05) is 84.9 Å². The number of phenols is 7. The second-order valence-corrected chi connectivity index (χ2v) is 23.3. The Hall–Kier alpha value is -10.6. The van der Waals surface area contributed by atoms with Crippen molar-refractivity contribution in [2.45, 2.75) is 135 Å². The number of aryl methyl sites for hydroxylation is 7. The molecule has 0 aromatic heterocycles. The van der Waals surface area contributed by atoms with Gasteiger partial charge in [-0.25, -0.2) is 0 Å². The molecule has 14 N–H and O–H groups in total. The lowest BCUT2D eigenvalue weighted by atomic mass is 9.87. The first kappa shape index (κ1) is 66.4. The van der Waals surface area contributed by atoms with Gasteiger partial charge in [0.15, 0.2) is 0 Å². The fourth-order valence-corrected chi connectivity index (χ4v) is 11.9. The minimum absolute atomic E-state index is 0.0571. The largest absolute Gasteiger partial charge is 0.507 e. The van der Waals surface area contributed by atoms with Crippen molar-refractivity contribution >= 4 is 41.8 Å². The third kappa shape index (κ3) is 17.6. The van der Waals surface area contributed by atoms with Gasteiger partial charge in [-0.15, -0.1) is 0 Å². The summed E-state index contributed by atoms with van der Waals surface area (Å²) in [5.41, 5.74) is 5.17. The van der Waals surface area contributed by atoms with E-state index in [0.717, 1.165) is 0 Å². The van der Waals surface area contributed by atoms with Crippen molar-refractivity contribution in [3.05, 3.63) is 202 Å². The Kier molecular flexibility index (Phi) is 21.3. The molecule has 0 saturated carbocycles. The fourth-order valence-electron chi connectivity index (χ4n) is 11.9. The molecule has 0 radical (unpaired) electrons. The molecule has 8 rings (SSSR count). The summed E-state index contributed by atoms with van der Waals surface area (Å²) in [5, 5.41) is 155. The highest BCUT2D eigenvalue weighted by molar-refractivity contribution is 5.71. The maximum Gasteiger partial charge on any atom is 0.303 e. The minimum atomic E-state index is -1.14. The normalized spacial score (nSPS) is 12.3. The molecular formula is C70H70O21. The number of fused-ring (bicyclic) bond motifs is 14. The summed E-state index contributed by atoms with van der Waals surface area (Å²) in [6.07, 6.45) is -4.67. The first-order valence-electron chi connectivity index (χ1n) is 29.5. The van der Waals surface area contributed by atoms with Crippen LogP contribution in [0.5, 0.6) is 40.2 Å². The van der Waals surface area contributed by atoms with E-state index in [4.69, 9.17) is 0 Å². The number of aromatic hydroxyl groups is 7. The van der Waals surface area contributed by atoms with E-state index in [1.807, 2.05) is 0 Å². The molecule has 0 atom stereocenters. The number of carbonyl (C=O) groups is 7. The third-order valence-corrected chi connectivity index (χ3v) is 16.4. The van der Waals surface area contributed by atoms with Gasteiger partial charge in [0.05, 0.1) is 0 Å². The Labute approximate surface area is 521 Å². The molecule has 0 spiro atoms. The summed E-state index contributed by atoms with van der Waals surface area (Å²) >= 11 is 0. The summed E-state index contributed by atoms with van der Waals surface area (Å²) in [6, 6.07) is 21.6. The van der Waals surface area contributed by atoms with Crippen molar-refractivity contribution in [3.63, 3.8) is 0 Å². The van der Waals surface area contributed by atoms with Crippen LogP contribution < -0.4 is 0 Å². The van der Waals surface area contributed by atoms with E-state index in [-0.39, 0.29) is 253 Å². The Morgan fingerprint density at radius 1 is 0.198 bits per heavy atom. The number of aliphatic carboxylic acids is 7. The Bertz CT molecular complexity index is 3140. The molecule has 0 saturated heterocycles. The molecular weight excluding hydrogens is 1180 g/mol. The molecule has 0 heterocycles. The highest BCUT2D eigenvalue weighted by Gasteiger charge is 2.25. The molecule has 0 unspecified atom stereocenters. The molecule has 21 heteroatoms. The van der Waals surface area contributed by atoms with Gasteiger partial charge >= 0.3 is 41.8 Å². The minimum Gasteiger partial charge on any atom is -0.507 e. The average molecular weight is 1250 g/mol. The smallest absolute Gasteiger partial charge is 0.303 e. The number of hydrogen-bond donors (Lipinski definition) is 14. The third-order valence-electron chi connectivity index (χ3n) is 16.4. The van der Waals surface area contributed by atoms with Gasteiger partial charge in [-0.3, -0.25) is 33.6 Å². The topological polar surface area (TPSA) is 403 Å². The second-order valence-electron chi connectivity index (χ2n) is 23.3. The Morgan fingerprint density at radius 3 is 0.363 bits per heavy atom. The first-order chi connectivity index (χ1) is 43.2. The van der Waals surface area contributed by atoms with Gasteiger partial charge in [0.25, 0.3) is 0 Å². The molecule has 21 nitrogen and oxygen atoms in total. The quantitative estimate of drug-likeness (QED) is 0.0318. The van der Waals surface area contributed by atoms with E-state index in [2.05, 4.69) is 0 Å². The van der Waals surface area contributed by atoms with E-state index >= 15 is 0 Å². The van der Waals surface area contributed by atoms with Gasteiger partial charge in [-0.2, -0.15) is 0 Å². The zero-order chi connectivity index (χ0) is 66.0. The molecule has 476 valence electrons. The standard InChI is InChI=1S/C70H70O21/c71-57(72)8-1-36-15-43-29-45-17-37(2-9-58(73)74)19-47(65(45)86)31-49-21-39(4-11-60(77)78)23-51(67(49)88)33-53-25-41(6-13-62(81)82)27-55(69(53)90)35-56-28-42(7-14-63(83)84)26-54(70(56)91)34-52-24-40(5-12-61(79)80)22-50(68(52)89)32-48-20-38(3-10-59(75)76)18-46(66(48)87)30-44(16-36)64(43)85/h15-28,85-91H,1-14,29-35H2,(H,71,72)(H,73,74)(H,75,76)(H,77,78)(H,79,80)(H,81,82)(H,83,84). The number of benzene rings is 7. The van der Waals surface area contributed by atoms with Crippen molar-refractivity contribution in [2.75, 3.05) is 0 Å². The molecule has 1 aliphatic rings. The number of carboxylic acid groups (broad SMARTS) is 7. The van der Waals surface area contributed by atoms with E-state index in [0.29, 0.717) is 38.9 Å². The molecule has 7 aromatic rings. The maximum absolute atomic E-state index is 12.3. The summed E-state index contributed by atoms with van der Waals surface area (Å²) in [4.78, 5) is 84.1. The molecule has 7 aromatic carbocycles. The summed E-state index contributed by atoms with van der Waals surface area (Å²) < 4.78 is 0. The van der Waals surface area contributed by atoms with Crippen molar-refractivity contribution in [3.8, 4) is 40.2 Å². The van der Waals surface area contributed by atoms with Gasteiger partial charge in [-0.05, 0) is 162 Å². The number of rotatable bonds is 21. The SMILES string of the molecule is O=C(O)CCc1cc2c(O)c(c1)Cc1cc(CCC(=O)O)cc(c1O)Cc1cc(CCC(=O)O)cc(c1O)Cc1cc(CCC(=O)O)cc(c1O)Cc1cc(CCC(=O)O)cc(c1O)Cc1cc(CCC(=O)O)cc(c1O)Cc1cc(CCC(=O)O)cc(c1O)C2. The Morgan fingerprint density at radius 2 is 0.286 bits per heavy atom. The number of hydrogen-bond acceptors (Lipinski definition) is 14. The van der Waals surface area contributed by atoms with Gasteiger partial charge in [0, 0.05) is 89.9 Å². The van der Waals surface area contributed by atoms with Crippen LogP contribution in [0, 0.1) is 0 Å². The highest BCUT2D eigenvalue weighted by atomic mass is 16.4. The van der Waals surface area contributed by atoms with Gasteiger partial charge in [0.1, 0.15) is 40.2 Å². The molecule has 0 aliphatic heterocycles. The van der Waals surface area contributed by atoms with E-state index < -0.39 is 41.8 Å². The van der Waals surface area contributed by atoms with Gasteiger partial charge < -0.3 is 71.5 Å². The fraction of sp³-hybridized carbons (Fsp3) is 0.300. The lowest BCUT2D eigenvalue weighted by molar-refractivity contribution is -0.138. The molecule has 1 aliphatic carbocycles. The van der Waals surface area contributed by atoms with Crippen molar-refractivity contribution < 1.29 is 105 Å². The van der Waals surface area contributed by atoms with Crippen molar-refractivity contribution in [1.82, 2.24) is 0 Å². The first-order valence-corrected chi connectivity index (χ1v) is 29.5. The van der Waals surface area contributed by atoms with E-state index in [1.54, 1.807) is 84.9 Å². The average Bonchev–Trinajstić information content (AvgIpc) is 0.844. The molecule has 91 heavy (non-hydrogen) atoms. The maximum atomic E-state index is 12.3. The van der Waals surface area contributed by atoms with Crippen LogP contribution in [0.15, 0.2) is 84.9 Å². The van der Waals surface area contributed by atoms with Gasteiger partial charge in [0.2, 0.25) is 0 Å². The zero-order valence-corrected chi connectivity index (χ0v) is 49.6. The van der Waals surface area contributed by atoms with Crippen LogP contribution in [0.4, 0.5) is 0 Å². The van der Waals surface area contributed by atoms with Crippen LogP contribution in [-0.4, -0.2) is 113 Å². The molecule has 14 bridgehead atoms. The highest BCUT2D eigenvalue weighted by Crippen LogP contribution is 2.42. The summed E-state index contributed by atoms with van der Waals surface area (Å²) in [6.45, 7) is 0. The zero-order valence-electron chi connectivity index (χ0n) is 49.6. The number of carboxylic acids is 7. The predicted molar refractivity (Wildman–Crippen MR) is 328 cm³/mol. The second kappa shape index (κ2) is 29.2. The Balaban J connectivity index is 1.42. The monoisotopic (exact) mass is 1250 g/mol. The van der Waals surface area contributed by atoms with Crippen LogP contribution in [0.2, 0.25) is 0 Å². The number of phenolic OH excluding ortho intramolecular Hbond substituents is 7. The van der Waals surface area contributed by atoms with E-state index in [1.165, 1.54) is 0 Å². The van der Waals surface area contributed by atoms with Crippen LogP contribution in [0.25, 0.3) is 0 Å². The summed E-state index contributed by atoms with van der Waals surface area (Å²) in [5.74, 6) is -10.4. The summed E-state index contributed by atoms with van der Waals surface area (Å²) in [7, 11) is 0.